The SMILES string of the molecule is C#CCN1C(=O)S/C(=C/c2c(OCc3ccc(F)cc3)ccc3ccccc23)C1=O. The maximum Gasteiger partial charge on any atom is 0.294 e. The molecule has 0 aliphatic carbocycles. The molecule has 0 aromatic heterocycles. The summed E-state index contributed by atoms with van der Waals surface area (Å²) in [6.07, 6.45) is 6.94. The molecule has 0 unspecified atom stereocenters. The number of terminal acetylenes is 1. The van der Waals surface area contributed by atoms with E-state index in [1.807, 2.05) is 36.4 Å². The Labute approximate surface area is 177 Å². The van der Waals surface area contributed by atoms with Gasteiger partial charge in [-0.15, -0.1) is 6.42 Å². The van der Waals surface area contributed by atoms with E-state index in [2.05, 4.69) is 5.92 Å². The summed E-state index contributed by atoms with van der Waals surface area (Å²) in [6, 6.07) is 17.5. The Morgan fingerprint density at radius 2 is 1.83 bits per heavy atom. The Morgan fingerprint density at radius 3 is 2.60 bits per heavy atom. The van der Waals surface area contributed by atoms with Crippen molar-refractivity contribution in [1.82, 2.24) is 4.90 Å². The Bertz CT molecular complexity index is 1210. The Balaban J connectivity index is 1.73. The van der Waals surface area contributed by atoms with Gasteiger partial charge in [0, 0.05) is 5.56 Å². The van der Waals surface area contributed by atoms with Crippen LogP contribution >= 0.6 is 11.8 Å². The van der Waals surface area contributed by atoms with Crippen LogP contribution in [-0.2, 0) is 11.4 Å². The predicted molar refractivity (Wildman–Crippen MR) is 116 cm³/mol. The summed E-state index contributed by atoms with van der Waals surface area (Å²) >= 11 is 0.856. The number of benzene rings is 3. The molecule has 1 aliphatic rings. The van der Waals surface area contributed by atoms with E-state index in [0.717, 1.165) is 33.0 Å². The lowest BCUT2D eigenvalue weighted by Crippen LogP contribution is -2.28. The van der Waals surface area contributed by atoms with Crippen molar-refractivity contribution < 1.29 is 18.7 Å². The van der Waals surface area contributed by atoms with E-state index in [1.54, 1.807) is 18.2 Å². The van der Waals surface area contributed by atoms with Crippen LogP contribution in [0.15, 0.2) is 65.6 Å². The summed E-state index contributed by atoms with van der Waals surface area (Å²) in [6.45, 7) is 0.170. The molecule has 0 N–H and O–H groups in total. The molecule has 4 nitrogen and oxygen atoms in total. The van der Waals surface area contributed by atoms with Crippen LogP contribution < -0.4 is 4.74 Å². The van der Waals surface area contributed by atoms with Crippen molar-refractivity contribution in [2.75, 3.05) is 6.54 Å². The molecule has 6 heteroatoms. The summed E-state index contributed by atoms with van der Waals surface area (Å²) in [7, 11) is 0. The van der Waals surface area contributed by atoms with E-state index in [1.165, 1.54) is 12.1 Å². The van der Waals surface area contributed by atoms with Crippen LogP contribution in [0.25, 0.3) is 16.8 Å². The van der Waals surface area contributed by atoms with Crippen LogP contribution in [0.1, 0.15) is 11.1 Å². The fraction of sp³-hybridized carbons (Fsp3) is 0.0833. The molecule has 3 aromatic rings. The first-order valence-electron chi connectivity index (χ1n) is 9.14. The second-order valence-corrected chi connectivity index (χ2v) is 7.58. The van der Waals surface area contributed by atoms with Gasteiger partial charge in [0.1, 0.15) is 18.2 Å². The van der Waals surface area contributed by atoms with Crippen LogP contribution in [0, 0.1) is 18.2 Å². The Kier molecular flexibility index (Phi) is 5.55. The minimum atomic E-state index is -0.416. The van der Waals surface area contributed by atoms with E-state index in [4.69, 9.17) is 11.2 Å². The third-order valence-electron chi connectivity index (χ3n) is 4.64. The van der Waals surface area contributed by atoms with Gasteiger partial charge in [0.2, 0.25) is 0 Å². The van der Waals surface area contributed by atoms with Crippen LogP contribution in [0.4, 0.5) is 9.18 Å². The number of fused-ring (bicyclic) bond motifs is 1. The molecule has 1 heterocycles. The monoisotopic (exact) mass is 417 g/mol. The number of halogens is 1. The number of carbonyl (C=O) groups excluding carboxylic acids is 2. The summed E-state index contributed by atoms with van der Waals surface area (Å²) in [4.78, 5) is 26.1. The van der Waals surface area contributed by atoms with Gasteiger partial charge in [-0.25, -0.2) is 4.39 Å². The first kappa shape index (κ1) is 19.7. The first-order valence-corrected chi connectivity index (χ1v) is 9.96. The standard InChI is InChI=1S/C24H16FNO3S/c1-2-13-26-23(27)22(30-24(26)28)14-20-19-6-4-3-5-17(19)9-12-21(20)29-15-16-7-10-18(25)11-8-16/h1,3-12,14H,13,15H2/b22-14+. The number of amides is 2. The Morgan fingerprint density at radius 1 is 1.07 bits per heavy atom. The van der Waals surface area contributed by atoms with E-state index in [0.29, 0.717) is 16.2 Å². The minimum absolute atomic E-state index is 0.0640. The summed E-state index contributed by atoms with van der Waals surface area (Å²) in [5, 5.41) is 1.47. The van der Waals surface area contributed by atoms with Gasteiger partial charge in [0.15, 0.2) is 0 Å². The number of hydrogen-bond donors (Lipinski definition) is 0. The van der Waals surface area contributed by atoms with Crippen molar-refractivity contribution >= 4 is 39.8 Å². The second kappa shape index (κ2) is 8.44. The number of nitrogens with zero attached hydrogens (tertiary/aromatic N) is 1. The fourth-order valence-corrected chi connectivity index (χ4v) is 3.97. The van der Waals surface area contributed by atoms with Gasteiger partial charge in [-0.05, 0) is 52.4 Å². The van der Waals surface area contributed by atoms with E-state index < -0.39 is 11.1 Å². The molecule has 1 fully saturated rings. The van der Waals surface area contributed by atoms with Gasteiger partial charge in [0.05, 0.1) is 11.4 Å². The van der Waals surface area contributed by atoms with Crippen LogP contribution in [-0.4, -0.2) is 22.6 Å². The van der Waals surface area contributed by atoms with E-state index in [9.17, 15) is 14.0 Å². The zero-order valence-corrected chi connectivity index (χ0v) is 16.6. The second-order valence-electron chi connectivity index (χ2n) is 6.59. The number of thioether (sulfide) groups is 1. The lowest BCUT2D eigenvalue weighted by molar-refractivity contribution is -0.122. The normalized spacial score (nSPS) is 15.1. The molecule has 30 heavy (non-hydrogen) atoms. The number of ether oxygens (including phenoxy) is 1. The molecule has 0 bridgehead atoms. The topological polar surface area (TPSA) is 46.6 Å². The highest BCUT2D eigenvalue weighted by Gasteiger charge is 2.34. The third kappa shape index (κ3) is 3.93. The largest absolute Gasteiger partial charge is 0.488 e. The maximum absolute atomic E-state index is 13.1. The third-order valence-corrected chi connectivity index (χ3v) is 5.54. The Hall–Kier alpha value is -3.56. The lowest BCUT2D eigenvalue weighted by atomic mass is 10.0. The van der Waals surface area contributed by atoms with Crippen LogP contribution in [0.5, 0.6) is 5.75 Å². The molecular weight excluding hydrogens is 401 g/mol. The smallest absolute Gasteiger partial charge is 0.294 e. The summed E-state index contributed by atoms with van der Waals surface area (Å²) < 4.78 is 19.1. The molecule has 3 aromatic carbocycles. The van der Waals surface area contributed by atoms with Gasteiger partial charge in [0.25, 0.3) is 11.1 Å². The van der Waals surface area contributed by atoms with Gasteiger partial charge in [-0.1, -0.05) is 48.4 Å². The van der Waals surface area contributed by atoms with Crippen LogP contribution in [0.3, 0.4) is 0 Å². The van der Waals surface area contributed by atoms with Gasteiger partial charge in [-0.2, -0.15) is 0 Å². The zero-order valence-electron chi connectivity index (χ0n) is 15.8. The average Bonchev–Trinajstić information content (AvgIpc) is 3.02. The quantitative estimate of drug-likeness (QED) is 0.421. The molecule has 0 radical (unpaired) electrons. The molecule has 1 saturated heterocycles. The summed E-state index contributed by atoms with van der Waals surface area (Å²) in [5.41, 5.74) is 1.51. The van der Waals surface area contributed by atoms with Crippen LogP contribution in [0.2, 0.25) is 0 Å². The van der Waals surface area contributed by atoms with E-state index in [-0.39, 0.29) is 19.0 Å². The van der Waals surface area contributed by atoms with E-state index >= 15 is 0 Å². The van der Waals surface area contributed by atoms with Crippen molar-refractivity contribution in [3.63, 3.8) is 0 Å². The molecule has 0 atom stereocenters. The lowest BCUT2D eigenvalue weighted by Gasteiger charge is -2.13. The highest BCUT2D eigenvalue weighted by molar-refractivity contribution is 8.18. The predicted octanol–water partition coefficient (Wildman–Crippen LogP) is 5.23. The average molecular weight is 417 g/mol. The molecule has 1 aliphatic heterocycles. The molecule has 0 saturated carbocycles. The first-order chi connectivity index (χ1) is 14.6. The van der Waals surface area contributed by atoms with Gasteiger partial charge < -0.3 is 4.74 Å². The highest BCUT2D eigenvalue weighted by atomic mass is 32.2. The number of rotatable bonds is 5. The highest BCUT2D eigenvalue weighted by Crippen LogP contribution is 2.36. The van der Waals surface area contributed by atoms with Crippen molar-refractivity contribution in [3.05, 3.63) is 82.5 Å². The van der Waals surface area contributed by atoms with Gasteiger partial charge >= 0.3 is 0 Å². The fourth-order valence-electron chi connectivity index (χ4n) is 3.15. The van der Waals surface area contributed by atoms with Crippen molar-refractivity contribution in [3.8, 4) is 18.1 Å². The van der Waals surface area contributed by atoms with Gasteiger partial charge in [-0.3, -0.25) is 14.5 Å². The zero-order chi connectivity index (χ0) is 21.1. The maximum atomic E-state index is 13.1. The molecular formula is C24H16FNO3S. The molecule has 4 rings (SSSR count). The van der Waals surface area contributed by atoms with Crippen molar-refractivity contribution in [1.29, 1.82) is 0 Å². The number of hydrogen-bond acceptors (Lipinski definition) is 4. The molecule has 2 amide bonds. The van der Waals surface area contributed by atoms with Crippen molar-refractivity contribution in [2.24, 2.45) is 0 Å². The number of carbonyl (C=O) groups is 2. The minimum Gasteiger partial charge on any atom is -0.488 e. The molecule has 148 valence electrons. The van der Waals surface area contributed by atoms with Crippen molar-refractivity contribution in [2.45, 2.75) is 6.61 Å². The number of imide groups is 1. The summed E-state index contributed by atoms with van der Waals surface area (Å²) in [5.74, 6) is 2.16. The molecule has 0 spiro atoms.